The molecule has 98 valence electrons. The molecule has 0 fully saturated rings. The lowest BCUT2D eigenvalue weighted by molar-refractivity contribution is 0.0955. The van der Waals surface area contributed by atoms with Gasteiger partial charge in [-0.1, -0.05) is 11.6 Å². The highest BCUT2D eigenvalue weighted by Crippen LogP contribution is 2.10. The molecular formula is C13H13ClN4O. The van der Waals surface area contributed by atoms with Crippen LogP contribution in [0.2, 0.25) is 5.15 Å². The fourth-order valence-electron chi connectivity index (χ4n) is 1.54. The molecule has 0 unspecified atom stereocenters. The maximum atomic E-state index is 11.8. The first-order valence-corrected chi connectivity index (χ1v) is 6.03. The zero-order valence-corrected chi connectivity index (χ0v) is 11.3. The highest BCUT2D eigenvalue weighted by Gasteiger charge is 2.09. The summed E-state index contributed by atoms with van der Waals surface area (Å²) in [5, 5.41) is 4.06. The van der Waals surface area contributed by atoms with E-state index in [9.17, 15) is 4.79 Å². The zero-order valence-electron chi connectivity index (χ0n) is 10.6. The van der Waals surface area contributed by atoms with Crippen LogP contribution in [0, 0.1) is 6.92 Å². The van der Waals surface area contributed by atoms with Gasteiger partial charge in [-0.3, -0.25) is 4.79 Å². The molecule has 0 atom stereocenters. The largest absolute Gasteiger partial charge is 0.347 e. The summed E-state index contributed by atoms with van der Waals surface area (Å²) in [5.74, 6) is -0.389. The number of amides is 1. The standard InChI is InChI=1S/C13H13ClN4O/c1-9-5-6-10(18(9)2)8-16-17-13(19)11-4-3-7-15-12(11)14/h3-8H,1-2H3,(H,17,19)/b16-8+. The van der Waals surface area contributed by atoms with Crippen LogP contribution in [0.3, 0.4) is 0 Å². The number of hydrazone groups is 1. The first-order valence-electron chi connectivity index (χ1n) is 5.66. The van der Waals surface area contributed by atoms with Crippen molar-refractivity contribution in [2.45, 2.75) is 6.92 Å². The highest BCUT2D eigenvalue weighted by atomic mass is 35.5. The number of hydrogen-bond donors (Lipinski definition) is 1. The van der Waals surface area contributed by atoms with Gasteiger partial charge < -0.3 is 4.57 Å². The van der Waals surface area contributed by atoms with Gasteiger partial charge in [-0.25, -0.2) is 10.4 Å². The topological polar surface area (TPSA) is 59.3 Å². The van der Waals surface area contributed by atoms with Crippen LogP contribution < -0.4 is 5.43 Å². The number of nitrogens with one attached hydrogen (secondary N) is 1. The Kier molecular flexibility index (Phi) is 3.97. The lowest BCUT2D eigenvalue weighted by Crippen LogP contribution is -2.18. The van der Waals surface area contributed by atoms with Crippen LogP contribution in [0.1, 0.15) is 21.7 Å². The minimum Gasteiger partial charge on any atom is -0.347 e. The van der Waals surface area contributed by atoms with Crippen molar-refractivity contribution in [2.24, 2.45) is 12.1 Å². The van der Waals surface area contributed by atoms with Gasteiger partial charge in [0.05, 0.1) is 17.5 Å². The smallest absolute Gasteiger partial charge is 0.274 e. The van der Waals surface area contributed by atoms with Gasteiger partial charge in [-0.2, -0.15) is 5.10 Å². The van der Waals surface area contributed by atoms with Crippen LogP contribution in [0.4, 0.5) is 0 Å². The fraction of sp³-hybridized carbons (Fsp3) is 0.154. The van der Waals surface area contributed by atoms with Gasteiger partial charge in [-0.15, -0.1) is 0 Å². The summed E-state index contributed by atoms with van der Waals surface area (Å²) in [7, 11) is 1.93. The van der Waals surface area contributed by atoms with Crippen LogP contribution in [-0.2, 0) is 7.05 Å². The van der Waals surface area contributed by atoms with E-state index in [4.69, 9.17) is 11.6 Å². The van der Waals surface area contributed by atoms with Crippen LogP contribution in [-0.4, -0.2) is 21.7 Å². The molecule has 0 aliphatic carbocycles. The summed E-state index contributed by atoms with van der Waals surface area (Å²) in [6, 6.07) is 7.13. The summed E-state index contributed by atoms with van der Waals surface area (Å²) in [6.45, 7) is 1.99. The molecule has 0 radical (unpaired) electrons. The van der Waals surface area contributed by atoms with Gasteiger partial charge in [0.15, 0.2) is 0 Å². The highest BCUT2D eigenvalue weighted by molar-refractivity contribution is 6.32. The molecule has 0 spiro atoms. The molecule has 5 nitrogen and oxygen atoms in total. The van der Waals surface area contributed by atoms with Crippen LogP contribution in [0.5, 0.6) is 0 Å². The van der Waals surface area contributed by atoms with Crippen molar-refractivity contribution in [1.82, 2.24) is 15.0 Å². The minimum absolute atomic E-state index is 0.157. The van der Waals surface area contributed by atoms with Gasteiger partial charge >= 0.3 is 0 Å². The molecule has 19 heavy (non-hydrogen) atoms. The number of nitrogens with zero attached hydrogens (tertiary/aromatic N) is 3. The van der Waals surface area contributed by atoms with E-state index in [1.54, 1.807) is 18.3 Å². The maximum Gasteiger partial charge on any atom is 0.274 e. The Bertz CT molecular complexity index is 633. The number of rotatable bonds is 3. The number of aromatic nitrogens is 2. The second-order valence-electron chi connectivity index (χ2n) is 4.00. The van der Waals surface area contributed by atoms with Crippen molar-refractivity contribution in [2.75, 3.05) is 0 Å². The predicted molar refractivity (Wildman–Crippen MR) is 74.5 cm³/mol. The normalized spacial score (nSPS) is 10.9. The Hall–Kier alpha value is -2.14. The Morgan fingerprint density at radius 2 is 2.26 bits per heavy atom. The molecule has 0 saturated carbocycles. The van der Waals surface area contributed by atoms with E-state index in [0.29, 0.717) is 5.56 Å². The van der Waals surface area contributed by atoms with E-state index in [0.717, 1.165) is 11.4 Å². The molecular weight excluding hydrogens is 264 g/mol. The van der Waals surface area contributed by atoms with Gasteiger partial charge in [0.1, 0.15) is 5.15 Å². The zero-order chi connectivity index (χ0) is 13.8. The summed E-state index contributed by atoms with van der Waals surface area (Å²) in [6.07, 6.45) is 3.10. The number of halogens is 1. The third kappa shape index (κ3) is 3.00. The molecule has 6 heteroatoms. The monoisotopic (exact) mass is 276 g/mol. The van der Waals surface area contributed by atoms with Crippen LogP contribution >= 0.6 is 11.6 Å². The Morgan fingerprint density at radius 3 is 2.89 bits per heavy atom. The molecule has 2 rings (SSSR count). The van der Waals surface area contributed by atoms with E-state index in [-0.39, 0.29) is 11.1 Å². The number of pyridine rings is 1. The van der Waals surface area contributed by atoms with Gasteiger partial charge in [0.25, 0.3) is 5.91 Å². The molecule has 0 aliphatic rings. The summed E-state index contributed by atoms with van der Waals surface area (Å²) in [5.41, 5.74) is 4.73. The molecule has 0 saturated heterocycles. The predicted octanol–water partition coefficient (Wildman–Crippen LogP) is 2.15. The van der Waals surface area contributed by atoms with Gasteiger partial charge in [-0.05, 0) is 31.2 Å². The summed E-state index contributed by atoms with van der Waals surface area (Å²) < 4.78 is 1.96. The Labute approximate surface area is 115 Å². The van der Waals surface area contributed by atoms with E-state index >= 15 is 0 Å². The molecule has 0 aliphatic heterocycles. The van der Waals surface area contributed by atoms with Gasteiger partial charge in [0.2, 0.25) is 0 Å². The van der Waals surface area contributed by atoms with Crippen molar-refractivity contribution >= 4 is 23.7 Å². The number of aryl methyl sites for hydroxylation is 1. The minimum atomic E-state index is -0.389. The average Bonchev–Trinajstić information content (AvgIpc) is 2.71. The van der Waals surface area contributed by atoms with Crippen molar-refractivity contribution in [1.29, 1.82) is 0 Å². The van der Waals surface area contributed by atoms with E-state index < -0.39 is 0 Å². The van der Waals surface area contributed by atoms with Crippen LogP contribution in [0.25, 0.3) is 0 Å². The van der Waals surface area contributed by atoms with Crippen molar-refractivity contribution in [3.8, 4) is 0 Å². The quantitative estimate of drug-likeness (QED) is 0.530. The molecule has 2 heterocycles. The molecule has 2 aromatic heterocycles. The Morgan fingerprint density at radius 1 is 1.47 bits per heavy atom. The molecule has 2 aromatic rings. The first-order chi connectivity index (χ1) is 9.09. The third-order valence-electron chi connectivity index (χ3n) is 2.78. The SMILES string of the molecule is Cc1ccc(/C=N/NC(=O)c2cccnc2Cl)n1C. The van der Waals surface area contributed by atoms with Crippen molar-refractivity contribution in [3.63, 3.8) is 0 Å². The lowest BCUT2D eigenvalue weighted by Gasteiger charge is -2.02. The summed E-state index contributed by atoms with van der Waals surface area (Å²) in [4.78, 5) is 15.6. The second-order valence-corrected chi connectivity index (χ2v) is 4.36. The fourth-order valence-corrected chi connectivity index (χ4v) is 1.74. The lowest BCUT2D eigenvalue weighted by atomic mass is 10.3. The van der Waals surface area contributed by atoms with E-state index in [2.05, 4.69) is 15.5 Å². The third-order valence-corrected chi connectivity index (χ3v) is 3.08. The van der Waals surface area contributed by atoms with Crippen LogP contribution in [0.15, 0.2) is 35.6 Å². The summed E-state index contributed by atoms with van der Waals surface area (Å²) >= 11 is 5.82. The second kappa shape index (κ2) is 5.67. The van der Waals surface area contributed by atoms with E-state index in [1.165, 1.54) is 6.20 Å². The molecule has 1 N–H and O–H groups in total. The van der Waals surface area contributed by atoms with E-state index in [1.807, 2.05) is 30.7 Å². The number of carbonyl (C=O) groups excluding carboxylic acids is 1. The van der Waals surface area contributed by atoms with Crippen molar-refractivity contribution in [3.05, 3.63) is 52.6 Å². The molecule has 0 bridgehead atoms. The molecule has 1 amide bonds. The first kappa shape index (κ1) is 13.3. The average molecular weight is 277 g/mol. The number of carbonyl (C=O) groups is 1. The Balaban J connectivity index is 2.05. The molecule has 0 aromatic carbocycles. The van der Waals surface area contributed by atoms with Gasteiger partial charge in [0, 0.05) is 18.9 Å². The van der Waals surface area contributed by atoms with Crippen molar-refractivity contribution < 1.29 is 4.79 Å². The number of hydrogen-bond acceptors (Lipinski definition) is 3. The maximum absolute atomic E-state index is 11.8.